The molecule has 2 aromatic heterocycles. The lowest BCUT2D eigenvalue weighted by Gasteiger charge is -2.48. The largest absolute Gasteiger partial charge is 0.213 e. The number of pyridine rings is 2. The second-order valence-corrected chi connectivity index (χ2v) is 13.3. The van der Waals surface area contributed by atoms with Crippen LogP contribution in [0.25, 0.3) is 33.6 Å². The monoisotopic (exact) mass is 580 g/mol. The van der Waals surface area contributed by atoms with Crippen LogP contribution in [-0.4, -0.2) is 0 Å². The third-order valence-corrected chi connectivity index (χ3v) is 10.8. The zero-order chi connectivity index (χ0) is 31.1. The minimum atomic E-state index is -0.0205. The van der Waals surface area contributed by atoms with Crippen molar-refractivity contribution in [1.82, 2.24) is 0 Å². The van der Waals surface area contributed by atoms with Crippen molar-refractivity contribution in [2.45, 2.75) is 91.6 Å². The molecule has 2 heteroatoms. The minimum Gasteiger partial charge on any atom is -0.198 e. The van der Waals surface area contributed by atoms with Gasteiger partial charge in [-0.25, -0.2) is 0 Å². The minimum absolute atomic E-state index is 0.0205. The highest BCUT2D eigenvalue weighted by Crippen LogP contribution is 2.52. The van der Waals surface area contributed by atoms with E-state index in [1.165, 1.54) is 61.5 Å². The van der Waals surface area contributed by atoms with Crippen molar-refractivity contribution in [3.05, 3.63) is 131 Å². The standard InChI is InChI=1S/C42H48N2/c1-8-41(7)42(9-2,38-19-11-10-18-35(38)39-20-12-13-25-44(39)41)23-15-24-43-29-37(34-17-14-16-30(3)26-34)33(6)28-40(43)36-27-31(4)21-22-32(36)5/h10-14,16-22,25-29H,8-9,15,23-24H2,1-7H3/q+2. The van der Waals surface area contributed by atoms with Gasteiger partial charge in [0.05, 0.1) is 11.0 Å². The van der Waals surface area contributed by atoms with Crippen LogP contribution in [0.2, 0.25) is 0 Å². The van der Waals surface area contributed by atoms with Gasteiger partial charge in [0, 0.05) is 49.1 Å². The number of fused-ring (bicyclic) bond motifs is 3. The zero-order valence-electron chi connectivity index (χ0n) is 27.7. The molecule has 1 aliphatic rings. The summed E-state index contributed by atoms with van der Waals surface area (Å²) < 4.78 is 5.14. The molecule has 2 nitrogen and oxygen atoms in total. The quantitative estimate of drug-likeness (QED) is 0.161. The molecule has 0 radical (unpaired) electrons. The first-order chi connectivity index (χ1) is 21.2. The maximum Gasteiger partial charge on any atom is 0.213 e. The summed E-state index contributed by atoms with van der Waals surface area (Å²) in [6, 6.07) is 34.1. The Morgan fingerprint density at radius 3 is 2.18 bits per heavy atom. The fraction of sp³-hybridized carbons (Fsp3) is 0.333. The fourth-order valence-electron chi connectivity index (χ4n) is 8.19. The molecule has 3 heterocycles. The number of rotatable bonds is 8. The molecule has 0 aliphatic carbocycles. The fourth-order valence-corrected chi connectivity index (χ4v) is 8.19. The molecule has 0 spiro atoms. The first-order valence-electron chi connectivity index (χ1n) is 16.5. The molecule has 0 N–H and O–H groups in total. The van der Waals surface area contributed by atoms with E-state index in [1.807, 2.05) is 0 Å². The lowest BCUT2D eigenvalue weighted by Crippen LogP contribution is -2.68. The van der Waals surface area contributed by atoms with Crippen LogP contribution in [0.15, 0.2) is 103 Å². The van der Waals surface area contributed by atoms with E-state index in [9.17, 15) is 0 Å². The molecule has 0 amide bonds. The summed E-state index contributed by atoms with van der Waals surface area (Å²) in [4.78, 5) is 0. The molecule has 224 valence electrons. The van der Waals surface area contributed by atoms with Gasteiger partial charge in [0.25, 0.3) is 0 Å². The van der Waals surface area contributed by atoms with E-state index in [0.717, 1.165) is 32.2 Å². The molecule has 1 aliphatic heterocycles. The average molecular weight is 581 g/mol. The number of aryl methyl sites for hydroxylation is 5. The van der Waals surface area contributed by atoms with Crippen molar-refractivity contribution in [2.24, 2.45) is 0 Å². The third-order valence-electron chi connectivity index (χ3n) is 10.8. The van der Waals surface area contributed by atoms with E-state index in [0.29, 0.717) is 0 Å². The Hall–Kier alpha value is -4.04. The zero-order valence-corrected chi connectivity index (χ0v) is 27.7. The Morgan fingerprint density at radius 1 is 0.636 bits per heavy atom. The summed E-state index contributed by atoms with van der Waals surface area (Å²) in [6.07, 6.45) is 9.16. The SMILES string of the molecule is CCC1(CCC[n+]2cc(-c3cccc(C)c3)c(C)cc2-c2cc(C)ccc2C)c2ccccc2-c2cccc[n+]2C1(C)CC. The Labute approximate surface area is 265 Å². The van der Waals surface area contributed by atoms with Crippen LogP contribution in [0, 0.1) is 27.7 Å². The van der Waals surface area contributed by atoms with E-state index >= 15 is 0 Å². The molecule has 6 rings (SSSR count). The van der Waals surface area contributed by atoms with Gasteiger partial charge in [-0.05, 0) is 81.0 Å². The molecule has 44 heavy (non-hydrogen) atoms. The van der Waals surface area contributed by atoms with E-state index < -0.39 is 0 Å². The van der Waals surface area contributed by atoms with Crippen molar-refractivity contribution in [3.8, 4) is 33.6 Å². The highest BCUT2D eigenvalue weighted by atomic mass is 15.1. The topological polar surface area (TPSA) is 7.76 Å². The molecule has 0 saturated heterocycles. The number of nitrogens with zero attached hydrogens (tertiary/aromatic N) is 2. The Bertz CT molecular complexity index is 1830. The average Bonchev–Trinajstić information content (AvgIpc) is 3.04. The van der Waals surface area contributed by atoms with Crippen LogP contribution in [0.1, 0.15) is 74.3 Å². The first-order valence-corrected chi connectivity index (χ1v) is 16.5. The summed E-state index contributed by atoms with van der Waals surface area (Å²) in [7, 11) is 0. The predicted molar refractivity (Wildman–Crippen MR) is 184 cm³/mol. The van der Waals surface area contributed by atoms with Gasteiger partial charge in [-0.15, -0.1) is 0 Å². The molecule has 0 bridgehead atoms. The molecular weight excluding hydrogens is 532 g/mol. The summed E-state index contributed by atoms with van der Waals surface area (Å²) >= 11 is 0. The van der Waals surface area contributed by atoms with Gasteiger partial charge in [0.1, 0.15) is 6.54 Å². The highest BCUT2D eigenvalue weighted by molar-refractivity contribution is 5.70. The third kappa shape index (κ3) is 4.89. The second-order valence-electron chi connectivity index (χ2n) is 13.3. The van der Waals surface area contributed by atoms with E-state index in [2.05, 4.69) is 161 Å². The summed E-state index contributed by atoms with van der Waals surface area (Å²) in [6.45, 7) is 17.2. The maximum absolute atomic E-state index is 2.59. The summed E-state index contributed by atoms with van der Waals surface area (Å²) in [5.41, 5.74) is 14.8. The Morgan fingerprint density at radius 2 is 1.41 bits per heavy atom. The first kappa shape index (κ1) is 30.0. The smallest absolute Gasteiger partial charge is 0.198 e. The van der Waals surface area contributed by atoms with Gasteiger partial charge in [-0.2, -0.15) is 9.13 Å². The molecule has 0 fully saturated rings. The Balaban J connectivity index is 1.44. The van der Waals surface area contributed by atoms with Gasteiger partial charge in [0.2, 0.25) is 11.4 Å². The van der Waals surface area contributed by atoms with E-state index in [1.54, 1.807) is 0 Å². The number of aromatic nitrogens is 2. The van der Waals surface area contributed by atoms with Crippen LogP contribution >= 0.6 is 0 Å². The van der Waals surface area contributed by atoms with Crippen molar-refractivity contribution in [3.63, 3.8) is 0 Å². The lowest BCUT2D eigenvalue weighted by molar-refractivity contribution is -0.766. The second kappa shape index (κ2) is 11.8. The van der Waals surface area contributed by atoms with E-state index in [4.69, 9.17) is 0 Å². The van der Waals surface area contributed by atoms with Crippen molar-refractivity contribution < 1.29 is 9.13 Å². The lowest BCUT2D eigenvalue weighted by atomic mass is 9.57. The molecule has 0 saturated carbocycles. The number of benzene rings is 3. The number of hydrogen-bond acceptors (Lipinski definition) is 0. The molecular formula is C42H48N2+2. The summed E-state index contributed by atoms with van der Waals surface area (Å²) in [5, 5.41) is 0. The molecule has 5 aromatic rings. The highest BCUT2D eigenvalue weighted by Gasteiger charge is 2.58. The van der Waals surface area contributed by atoms with Crippen molar-refractivity contribution in [2.75, 3.05) is 0 Å². The molecule has 2 atom stereocenters. The molecule has 2 unspecified atom stereocenters. The normalized spacial score (nSPS) is 19.0. The Kier molecular flexibility index (Phi) is 8.05. The van der Waals surface area contributed by atoms with E-state index in [-0.39, 0.29) is 11.0 Å². The van der Waals surface area contributed by atoms with Crippen molar-refractivity contribution >= 4 is 0 Å². The van der Waals surface area contributed by atoms with Gasteiger partial charge in [0.15, 0.2) is 17.9 Å². The van der Waals surface area contributed by atoms with Crippen molar-refractivity contribution in [1.29, 1.82) is 0 Å². The predicted octanol–water partition coefficient (Wildman–Crippen LogP) is 9.76. The molecule has 3 aromatic carbocycles. The van der Waals surface area contributed by atoms with Crippen LogP contribution in [0.5, 0.6) is 0 Å². The van der Waals surface area contributed by atoms with Crippen LogP contribution in [0.3, 0.4) is 0 Å². The van der Waals surface area contributed by atoms with Gasteiger partial charge < -0.3 is 0 Å². The summed E-state index contributed by atoms with van der Waals surface area (Å²) in [5.74, 6) is 0. The van der Waals surface area contributed by atoms with Gasteiger partial charge >= 0.3 is 0 Å². The maximum atomic E-state index is 2.59. The van der Waals surface area contributed by atoms with Gasteiger partial charge in [-0.1, -0.05) is 79.6 Å². The van der Waals surface area contributed by atoms with Crippen LogP contribution in [-0.2, 0) is 17.5 Å². The van der Waals surface area contributed by atoms with Crippen LogP contribution < -0.4 is 9.13 Å². The number of hydrogen-bond donors (Lipinski definition) is 0. The van der Waals surface area contributed by atoms with Gasteiger partial charge in [-0.3, -0.25) is 0 Å². The van der Waals surface area contributed by atoms with Crippen LogP contribution in [0.4, 0.5) is 0 Å².